The van der Waals surface area contributed by atoms with Crippen molar-refractivity contribution in [2.45, 2.75) is 93.0 Å². The van der Waals surface area contributed by atoms with E-state index in [0.29, 0.717) is 12.5 Å². The molecular weight excluding hydrogens is 607 g/mol. The highest BCUT2D eigenvalue weighted by atomic mass is 19.4. The van der Waals surface area contributed by atoms with E-state index in [0.717, 1.165) is 18.2 Å². The summed E-state index contributed by atoms with van der Waals surface area (Å²) in [5.41, 5.74) is -4.22. The topological polar surface area (TPSA) is 29.5 Å². The smallest absolute Gasteiger partial charge is 0.460 e. The summed E-state index contributed by atoms with van der Waals surface area (Å²) in [6, 6.07) is 3.54. The molecule has 19 heteroatoms. The number of hydrogen-bond acceptors (Lipinski definition) is 2. The van der Waals surface area contributed by atoms with Gasteiger partial charge in [-0.25, -0.2) is 0 Å². The molecule has 0 aliphatic heterocycles. The monoisotopic (exact) mass is 626 g/mol. The summed E-state index contributed by atoms with van der Waals surface area (Å²) >= 11 is 0. The highest BCUT2D eigenvalue weighted by Crippen LogP contribution is 2.64. The minimum absolute atomic E-state index is 0.216. The molecule has 0 amide bonds. The lowest BCUT2D eigenvalue weighted by Gasteiger charge is -2.43. The van der Waals surface area contributed by atoms with Gasteiger partial charge < -0.3 is 9.84 Å². The lowest BCUT2D eigenvalue weighted by atomic mass is 9.83. The molecule has 1 N–H and O–H groups in total. The molecule has 2 atom stereocenters. The lowest BCUT2D eigenvalue weighted by molar-refractivity contribution is -0.462. The van der Waals surface area contributed by atoms with E-state index >= 15 is 0 Å². The molecular formula is C21H19F17O2. The van der Waals surface area contributed by atoms with E-state index in [1.165, 1.54) is 6.92 Å². The number of alkyl halides is 17. The summed E-state index contributed by atoms with van der Waals surface area (Å²) < 4.78 is 234. The zero-order valence-corrected chi connectivity index (χ0v) is 20.1. The van der Waals surface area contributed by atoms with Gasteiger partial charge in [0.05, 0.1) is 18.1 Å². The maximum absolute atomic E-state index is 14.4. The van der Waals surface area contributed by atoms with Crippen LogP contribution in [0.25, 0.3) is 0 Å². The third-order valence-corrected chi connectivity index (χ3v) is 5.72. The molecule has 0 aliphatic rings. The molecule has 1 rings (SSSR count). The van der Waals surface area contributed by atoms with Crippen molar-refractivity contribution in [1.29, 1.82) is 0 Å². The number of benzene rings is 1. The SMILES string of the molecule is CCC(C)Oc1cccc(C(C)(O)CC(F)(F)C(F)(F)C(F)(F)C(F)(F)C(F)(F)C(F)(F)C(F)(F)C(F)(F)F)c1. The van der Waals surface area contributed by atoms with Crippen molar-refractivity contribution < 1.29 is 84.5 Å². The standard InChI is InChI=1S/C21H19F17O2/c1-4-10(2)40-12-7-5-6-11(8-12)13(3,39)9-14(22,23)15(24,25)16(26,27)17(28,29)18(30,31)19(32,33)20(34,35)21(36,37)38/h5-8,10,39H,4,9H2,1-3H3. The Morgan fingerprint density at radius 1 is 0.675 bits per heavy atom. The second-order valence-electron chi connectivity index (χ2n) is 8.96. The van der Waals surface area contributed by atoms with E-state index < -0.39 is 71.3 Å². The summed E-state index contributed by atoms with van der Waals surface area (Å²) in [6.45, 7) is 3.35. The van der Waals surface area contributed by atoms with Crippen molar-refractivity contribution >= 4 is 0 Å². The van der Waals surface area contributed by atoms with Gasteiger partial charge in [0.25, 0.3) is 0 Å². The van der Waals surface area contributed by atoms with E-state index in [4.69, 9.17) is 4.74 Å². The molecule has 0 heterocycles. The Morgan fingerprint density at radius 3 is 1.48 bits per heavy atom. The van der Waals surface area contributed by atoms with Crippen LogP contribution in [0.3, 0.4) is 0 Å². The van der Waals surface area contributed by atoms with Crippen LogP contribution in [-0.4, -0.2) is 58.8 Å². The number of rotatable bonds is 12. The van der Waals surface area contributed by atoms with E-state index in [-0.39, 0.29) is 12.7 Å². The zero-order chi connectivity index (χ0) is 32.2. The van der Waals surface area contributed by atoms with Gasteiger partial charge in [-0.05, 0) is 38.0 Å². The molecule has 0 radical (unpaired) electrons. The number of ether oxygens (including phenoxy) is 1. The van der Waals surface area contributed by atoms with E-state index in [2.05, 4.69) is 0 Å². The Bertz CT molecular complexity index is 1030. The number of aliphatic hydroxyl groups is 1. The number of halogens is 17. The maximum Gasteiger partial charge on any atom is 0.460 e. The zero-order valence-electron chi connectivity index (χ0n) is 20.1. The fourth-order valence-corrected chi connectivity index (χ4v) is 3.06. The molecule has 0 aromatic heterocycles. The van der Waals surface area contributed by atoms with Crippen LogP contribution in [-0.2, 0) is 5.60 Å². The molecule has 0 saturated carbocycles. The predicted molar refractivity (Wildman–Crippen MR) is 102 cm³/mol. The van der Waals surface area contributed by atoms with Gasteiger partial charge in [-0.15, -0.1) is 0 Å². The Hall–Kier alpha value is -2.21. The van der Waals surface area contributed by atoms with Crippen LogP contribution in [0.4, 0.5) is 74.6 Å². The molecule has 2 unspecified atom stereocenters. The van der Waals surface area contributed by atoms with Crippen molar-refractivity contribution in [2.24, 2.45) is 0 Å². The first-order valence-corrected chi connectivity index (χ1v) is 10.6. The van der Waals surface area contributed by atoms with Gasteiger partial charge in [-0.1, -0.05) is 19.1 Å². The van der Waals surface area contributed by atoms with Gasteiger partial charge in [-0.2, -0.15) is 74.6 Å². The van der Waals surface area contributed by atoms with Gasteiger partial charge in [0.2, 0.25) is 0 Å². The summed E-state index contributed by atoms with van der Waals surface area (Å²) in [4.78, 5) is 0. The molecule has 0 saturated heterocycles. The molecule has 0 fully saturated rings. The summed E-state index contributed by atoms with van der Waals surface area (Å²) in [6.07, 6.45) is -11.0. The third kappa shape index (κ3) is 5.49. The fourth-order valence-electron chi connectivity index (χ4n) is 3.06. The minimum Gasteiger partial charge on any atom is -0.491 e. The lowest BCUT2D eigenvalue weighted by Crippen LogP contribution is -2.74. The van der Waals surface area contributed by atoms with Crippen LogP contribution in [0.5, 0.6) is 5.75 Å². The average molecular weight is 626 g/mol. The molecule has 1 aromatic carbocycles. The van der Waals surface area contributed by atoms with Gasteiger partial charge in [-0.3, -0.25) is 0 Å². The van der Waals surface area contributed by atoms with Crippen molar-refractivity contribution in [3.63, 3.8) is 0 Å². The molecule has 234 valence electrons. The van der Waals surface area contributed by atoms with Gasteiger partial charge in [0.1, 0.15) is 5.75 Å². The van der Waals surface area contributed by atoms with E-state index in [1.54, 1.807) is 6.92 Å². The quantitative estimate of drug-likeness (QED) is 0.236. The van der Waals surface area contributed by atoms with Crippen LogP contribution in [0.15, 0.2) is 24.3 Å². The van der Waals surface area contributed by atoms with E-state index in [9.17, 15) is 79.7 Å². The third-order valence-electron chi connectivity index (χ3n) is 5.72. The summed E-state index contributed by atoms with van der Waals surface area (Å²) in [5.74, 6) is -57.4. The van der Waals surface area contributed by atoms with Crippen molar-refractivity contribution in [3.05, 3.63) is 29.8 Å². The first-order valence-electron chi connectivity index (χ1n) is 10.6. The average Bonchev–Trinajstić information content (AvgIpc) is 2.76. The van der Waals surface area contributed by atoms with Gasteiger partial charge in [0.15, 0.2) is 0 Å². The van der Waals surface area contributed by atoms with Crippen molar-refractivity contribution in [3.8, 4) is 5.75 Å². The Labute approximate surface area is 214 Å². The Balaban J connectivity index is 3.57. The first kappa shape index (κ1) is 35.8. The molecule has 2 nitrogen and oxygen atoms in total. The molecule has 0 bridgehead atoms. The molecule has 0 aliphatic carbocycles. The second kappa shape index (κ2) is 10.3. The molecule has 0 spiro atoms. The van der Waals surface area contributed by atoms with Crippen LogP contribution >= 0.6 is 0 Å². The van der Waals surface area contributed by atoms with Crippen LogP contribution in [0, 0.1) is 0 Å². The highest BCUT2D eigenvalue weighted by Gasteiger charge is 2.95. The highest BCUT2D eigenvalue weighted by molar-refractivity contribution is 5.32. The second-order valence-corrected chi connectivity index (χ2v) is 8.96. The van der Waals surface area contributed by atoms with Crippen molar-refractivity contribution in [1.82, 2.24) is 0 Å². The normalized spacial score (nSPS) is 17.4. The van der Waals surface area contributed by atoms with Crippen LogP contribution < -0.4 is 4.74 Å². The maximum atomic E-state index is 14.4. The van der Waals surface area contributed by atoms with Gasteiger partial charge >= 0.3 is 47.6 Å². The first-order chi connectivity index (χ1) is 17.4. The Morgan fingerprint density at radius 2 is 1.07 bits per heavy atom. The Kier molecular flexibility index (Phi) is 9.18. The number of hydrogen-bond donors (Lipinski definition) is 1. The summed E-state index contributed by atoms with van der Waals surface area (Å²) in [7, 11) is 0. The van der Waals surface area contributed by atoms with Crippen LogP contribution in [0.1, 0.15) is 39.2 Å². The minimum atomic E-state index is -8.70. The van der Waals surface area contributed by atoms with Crippen LogP contribution in [0.2, 0.25) is 0 Å². The summed E-state index contributed by atoms with van der Waals surface area (Å²) in [5, 5.41) is 10.3. The van der Waals surface area contributed by atoms with Gasteiger partial charge in [0, 0.05) is 0 Å². The fraction of sp³-hybridized carbons (Fsp3) is 0.714. The largest absolute Gasteiger partial charge is 0.491 e. The van der Waals surface area contributed by atoms with E-state index in [1.807, 2.05) is 0 Å². The predicted octanol–water partition coefficient (Wildman–Crippen LogP) is 8.47. The molecule has 40 heavy (non-hydrogen) atoms. The van der Waals surface area contributed by atoms with Crippen molar-refractivity contribution in [2.75, 3.05) is 0 Å². The molecule has 1 aromatic rings.